The van der Waals surface area contributed by atoms with Crippen LogP contribution >= 0.6 is 0 Å². The van der Waals surface area contributed by atoms with E-state index in [1.165, 1.54) is 23.6 Å². The van der Waals surface area contributed by atoms with Crippen LogP contribution in [0.5, 0.6) is 11.5 Å². The van der Waals surface area contributed by atoms with E-state index in [1.54, 1.807) is 6.07 Å². The summed E-state index contributed by atoms with van der Waals surface area (Å²) in [5.74, 6) is 1.50. The Labute approximate surface area is 136 Å². The van der Waals surface area contributed by atoms with Gasteiger partial charge < -0.3 is 9.47 Å². The van der Waals surface area contributed by atoms with Crippen molar-refractivity contribution in [2.75, 3.05) is 0 Å². The number of halogens is 1. The highest BCUT2D eigenvalue weighted by Gasteiger charge is 2.32. The smallest absolute Gasteiger partial charge is 0.130 e. The van der Waals surface area contributed by atoms with Crippen LogP contribution in [0.3, 0.4) is 0 Å². The molecular weight excluding hydrogens is 291 g/mol. The quantitative estimate of drug-likeness (QED) is 0.824. The van der Waals surface area contributed by atoms with Gasteiger partial charge in [0, 0.05) is 17.5 Å². The first-order valence-electron chi connectivity index (χ1n) is 8.26. The second-order valence-corrected chi connectivity index (χ2v) is 7.13. The van der Waals surface area contributed by atoms with Crippen LogP contribution in [-0.4, -0.2) is 5.60 Å². The van der Waals surface area contributed by atoms with Crippen molar-refractivity contribution in [3.63, 3.8) is 0 Å². The van der Waals surface area contributed by atoms with Gasteiger partial charge in [-0.25, -0.2) is 4.39 Å². The van der Waals surface area contributed by atoms with Crippen molar-refractivity contribution in [2.24, 2.45) is 0 Å². The topological polar surface area (TPSA) is 18.5 Å². The van der Waals surface area contributed by atoms with Gasteiger partial charge in [0.1, 0.15) is 29.5 Å². The molecule has 0 fully saturated rings. The van der Waals surface area contributed by atoms with Crippen LogP contribution in [0.4, 0.5) is 4.39 Å². The Morgan fingerprint density at radius 1 is 1.17 bits per heavy atom. The van der Waals surface area contributed by atoms with Gasteiger partial charge in [0.05, 0.1) is 0 Å². The molecule has 0 N–H and O–H groups in total. The lowest BCUT2D eigenvalue weighted by molar-refractivity contribution is 0.135. The predicted octanol–water partition coefficient (Wildman–Crippen LogP) is 4.61. The number of ether oxygens (including phenoxy) is 2. The van der Waals surface area contributed by atoms with Gasteiger partial charge in [-0.05, 0) is 62.4 Å². The summed E-state index contributed by atoms with van der Waals surface area (Å²) in [5.41, 5.74) is 4.14. The van der Waals surface area contributed by atoms with E-state index < -0.39 is 0 Å². The minimum atomic E-state index is -0.279. The summed E-state index contributed by atoms with van der Waals surface area (Å²) in [6, 6.07) is 9.32. The SMILES string of the molecule is CC1(C)Cc2cc(F)cc(COc3cccc4c3CCC4)c2O1. The van der Waals surface area contributed by atoms with E-state index in [4.69, 9.17) is 9.47 Å². The van der Waals surface area contributed by atoms with Crippen LogP contribution < -0.4 is 9.47 Å². The number of hydrogen-bond donors (Lipinski definition) is 0. The monoisotopic (exact) mass is 312 g/mol. The maximum atomic E-state index is 13.9. The second kappa shape index (κ2) is 5.26. The summed E-state index contributed by atoms with van der Waals surface area (Å²) in [4.78, 5) is 0. The van der Waals surface area contributed by atoms with Gasteiger partial charge in [-0.15, -0.1) is 0 Å². The molecule has 3 heteroatoms. The van der Waals surface area contributed by atoms with Crippen molar-refractivity contribution in [1.82, 2.24) is 0 Å². The Hall–Kier alpha value is -2.03. The van der Waals surface area contributed by atoms with Crippen molar-refractivity contribution in [3.05, 3.63) is 58.4 Å². The highest BCUT2D eigenvalue weighted by Crippen LogP contribution is 2.39. The third-order valence-corrected chi connectivity index (χ3v) is 4.69. The molecule has 1 heterocycles. The molecule has 0 spiro atoms. The van der Waals surface area contributed by atoms with Crippen molar-refractivity contribution in [3.8, 4) is 11.5 Å². The first-order chi connectivity index (χ1) is 11.0. The molecule has 0 unspecified atom stereocenters. The van der Waals surface area contributed by atoms with E-state index in [0.717, 1.165) is 41.9 Å². The van der Waals surface area contributed by atoms with E-state index in [-0.39, 0.29) is 11.4 Å². The van der Waals surface area contributed by atoms with Crippen LogP contribution in [0.2, 0.25) is 0 Å². The van der Waals surface area contributed by atoms with Gasteiger partial charge in [-0.3, -0.25) is 0 Å². The van der Waals surface area contributed by atoms with Gasteiger partial charge in [-0.2, -0.15) is 0 Å². The maximum Gasteiger partial charge on any atom is 0.130 e. The molecule has 0 saturated heterocycles. The number of benzene rings is 2. The van der Waals surface area contributed by atoms with Crippen molar-refractivity contribution in [2.45, 2.75) is 51.7 Å². The highest BCUT2D eigenvalue weighted by atomic mass is 19.1. The van der Waals surface area contributed by atoms with Gasteiger partial charge in [0.15, 0.2) is 0 Å². The summed E-state index contributed by atoms with van der Waals surface area (Å²) < 4.78 is 26.0. The zero-order valence-electron chi connectivity index (χ0n) is 13.6. The molecule has 2 aromatic rings. The molecule has 2 aromatic carbocycles. The number of hydrogen-bond acceptors (Lipinski definition) is 2. The Bertz CT molecular complexity index is 764. The highest BCUT2D eigenvalue weighted by molar-refractivity contribution is 5.47. The Balaban J connectivity index is 1.61. The first kappa shape index (κ1) is 14.6. The summed E-state index contributed by atoms with van der Waals surface area (Å²) in [6.45, 7) is 4.39. The van der Waals surface area contributed by atoms with Gasteiger partial charge in [-0.1, -0.05) is 12.1 Å². The minimum absolute atomic E-state index is 0.220. The summed E-state index contributed by atoms with van der Waals surface area (Å²) in [5, 5.41) is 0. The van der Waals surface area contributed by atoms with Crippen LogP contribution in [0.25, 0.3) is 0 Å². The molecule has 0 aromatic heterocycles. The Kier molecular flexibility index (Phi) is 3.33. The average molecular weight is 312 g/mol. The lowest BCUT2D eigenvalue weighted by Crippen LogP contribution is -2.25. The fourth-order valence-corrected chi connectivity index (χ4v) is 3.73. The molecule has 23 heavy (non-hydrogen) atoms. The van der Waals surface area contributed by atoms with Crippen molar-refractivity contribution in [1.29, 1.82) is 0 Å². The fraction of sp³-hybridized carbons (Fsp3) is 0.400. The van der Waals surface area contributed by atoms with E-state index in [9.17, 15) is 4.39 Å². The van der Waals surface area contributed by atoms with Crippen molar-refractivity contribution < 1.29 is 13.9 Å². The lowest BCUT2D eigenvalue weighted by atomic mass is 10.0. The zero-order valence-corrected chi connectivity index (χ0v) is 13.6. The summed E-state index contributed by atoms with van der Waals surface area (Å²) in [7, 11) is 0. The van der Waals surface area contributed by atoms with Crippen molar-refractivity contribution >= 4 is 0 Å². The molecule has 0 radical (unpaired) electrons. The van der Waals surface area contributed by atoms with Crippen LogP contribution in [0, 0.1) is 5.82 Å². The molecule has 4 rings (SSSR count). The molecule has 0 atom stereocenters. The van der Waals surface area contributed by atoms with Gasteiger partial charge >= 0.3 is 0 Å². The average Bonchev–Trinajstić information content (AvgIpc) is 3.07. The van der Waals surface area contributed by atoms with E-state index in [1.807, 2.05) is 26.0 Å². The summed E-state index contributed by atoms with van der Waals surface area (Å²) >= 11 is 0. The summed E-state index contributed by atoms with van der Waals surface area (Å²) in [6.07, 6.45) is 4.10. The van der Waals surface area contributed by atoms with Crippen LogP contribution in [-0.2, 0) is 25.9 Å². The first-order valence-corrected chi connectivity index (χ1v) is 8.26. The molecular formula is C20H21FO2. The van der Waals surface area contributed by atoms with Gasteiger partial charge in [0.2, 0.25) is 0 Å². The third kappa shape index (κ3) is 2.69. The largest absolute Gasteiger partial charge is 0.488 e. The minimum Gasteiger partial charge on any atom is -0.488 e. The van der Waals surface area contributed by atoms with Gasteiger partial charge in [0.25, 0.3) is 0 Å². The molecule has 0 bridgehead atoms. The van der Waals surface area contributed by atoms with E-state index in [2.05, 4.69) is 6.07 Å². The predicted molar refractivity (Wildman–Crippen MR) is 87.6 cm³/mol. The number of aryl methyl sites for hydroxylation is 1. The second-order valence-electron chi connectivity index (χ2n) is 7.13. The van der Waals surface area contributed by atoms with Crippen LogP contribution in [0.1, 0.15) is 42.5 Å². The molecule has 120 valence electrons. The number of rotatable bonds is 3. The van der Waals surface area contributed by atoms with Crippen LogP contribution in [0.15, 0.2) is 30.3 Å². The van der Waals surface area contributed by atoms with E-state index in [0.29, 0.717) is 6.61 Å². The molecule has 1 aliphatic heterocycles. The maximum absolute atomic E-state index is 13.9. The molecule has 2 nitrogen and oxygen atoms in total. The Morgan fingerprint density at radius 3 is 2.91 bits per heavy atom. The molecule has 1 aliphatic carbocycles. The number of fused-ring (bicyclic) bond motifs is 2. The van der Waals surface area contributed by atoms with E-state index >= 15 is 0 Å². The third-order valence-electron chi connectivity index (χ3n) is 4.69. The standard InChI is InChI=1S/C20H21FO2/c1-20(2)11-14-9-16(21)10-15(19(14)23-20)12-22-18-8-4-6-13-5-3-7-17(13)18/h4,6,8-10H,3,5,7,11-12H2,1-2H3. The Morgan fingerprint density at radius 2 is 2.04 bits per heavy atom. The lowest BCUT2D eigenvalue weighted by Gasteiger charge is -2.18. The molecule has 0 amide bonds. The zero-order chi connectivity index (χ0) is 16.0. The fourth-order valence-electron chi connectivity index (χ4n) is 3.73. The normalized spacial score (nSPS) is 17.5. The molecule has 2 aliphatic rings. The molecule has 0 saturated carbocycles.